The van der Waals surface area contributed by atoms with Crippen molar-refractivity contribution in [3.63, 3.8) is 0 Å². The van der Waals surface area contributed by atoms with Crippen molar-refractivity contribution in [2.75, 3.05) is 13.1 Å². The fraction of sp³-hybridized carbons (Fsp3) is 0.933. The van der Waals surface area contributed by atoms with Crippen molar-refractivity contribution < 1.29 is 4.79 Å². The van der Waals surface area contributed by atoms with E-state index in [0.717, 1.165) is 31.8 Å². The molecule has 2 unspecified atom stereocenters. The van der Waals surface area contributed by atoms with E-state index in [9.17, 15) is 4.79 Å². The first kappa shape index (κ1) is 15.5. The van der Waals surface area contributed by atoms with Crippen molar-refractivity contribution >= 4 is 5.91 Å². The normalized spacial score (nSPS) is 18.7. The Labute approximate surface area is 112 Å². The van der Waals surface area contributed by atoms with E-state index in [1.54, 1.807) is 0 Å². The van der Waals surface area contributed by atoms with Gasteiger partial charge in [0.05, 0.1) is 0 Å². The van der Waals surface area contributed by atoms with Crippen LogP contribution in [0.25, 0.3) is 0 Å². The zero-order valence-corrected chi connectivity index (χ0v) is 12.2. The summed E-state index contributed by atoms with van der Waals surface area (Å²) in [6.45, 7) is 8.25. The molecule has 1 aliphatic carbocycles. The average molecular weight is 254 g/mol. The first-order chi connectivity index (χ1) is 8.54. The van der Waals surface area contributed by atoms with Gasteiger partial charge in [-0.25, -0.2) is 0 Å². The highest BCUT2D eigenvalue weighted by atomic mass is 16.1. The summed E-state index contributed by atoms with van der Waals surface area (Å²) < 4.78 is 0. The monoisotopic (exact) mass is 254 g/mol. The number of carbonyl (C=O) groups excluding carboxylic acids is 1. The molecule has 3 nitrogen and oxygen atoms in total. The van der Waals surface area contributed by atoms with E-state index in [0.29, 0.717) is 24.2 Å². The molecular weight excluding hydrogens is 224 g/mol. The summed E-state index contributed by atoms with van der Waals surface area (Å²) in [7, 11) is 0. The molecule has 2 atom stereocenters. The molecule has 1 saturated carbocycles. The molecule has 0 aromatic heterocycles. The number of nitrogens with one attached hydrogen (secondary N) is 1. The molecule has 1 fully saturated rings. The van der Waals surface area contributed by atoms with Crippen LogP contribution in [0.2, 0.25) is 0 Å². The van der Waals surface area contributed by atoms with Crippen LogP contribution in [-0.2, 0) is 4.79 Å². The van der Waals surface area contributed by atoms with Gasteiger partial charge in [-0.15, -0.1) is 0 Å². The summed E-state index contributed by atoms with van der Waals surface area (Å²) in [6, 6.07) is 0. The van der Waals surface area contributed by atoms with Crippen LogP contribution < -0.4 is 11.1 Å². The third-order valence-electron chi connectivity index (χ3n) is 4.27. The fourth-order valence-electron chi connectivity index (χ4n) is 2.54. The number of nitrogens with two attached hydrogens (primary N) is 1. The molecule has 106 valence electrons. The summed E-state index contributed by atoms with van der Waals surface area (Å²) in [6.07, 6.45) is 5.36. The molecule has 0 radical (unpaired) electrons. The van der Waals surface area contributed by atoms with Gasteiger partial charge in [0, 0.05) is 13.0 Å². The van der Waals surface area contributed by atoms with Gasteiger partial charge in [-0.1, -0.05) is 20.8 Å². The molecule has 0 bridgehead atoms. The molecule has 0 saturated heterocycles. The van der Waals surface area contributed by atoms with Gasteiger partial charge in [0.15, 0.2) is 0 Å². The van der Waals surface area contributed by atoms with Gasteiger partial charge in [-0.2, -0.15) is 0 Å². The Kier molecular flexibility index (Phi) is 6.69. The number of rotatable bonds is 9. The second-order valence-electron chi connectivity index (χ2n) is 6.24. The van der Waals surface area contributed by atoms with Crippen molar-refractivity contribution in [2.24, 2.45) is 29.4 Å². The highest BCUT2D eigenvalue weighted by Gasteiger charge is 2.27. The van der Waals surface area contributed by atoms with E-state index in [4.69, 9.17) is 5.73 Å². The minimum absolute atomic E-state index is 0.213. The highest BCUT2D eigenvalue weighted by Crippen LogP contribution is 2.36. The quantitative estimate of drug-likeness (QED) is 0.664. The van der Waals surface area contributed by atoms with E-state index in [-0.39, 0.29) is 5.91 Å². The molecule has 0 heterocycles. The average Bonchev–Trinajstić information content (AvgIpc) is 3.15. The number of amides is 1. The van der Waals surface area contributed by atoms with Gasteiger partial charge in [0.2, 0.25) is 5.91 Å². The Balaban J connectivity index is 2.14. The Morgan fingerprint density at radius 1 is 1.28 bits per heavy atom. The van der Waals surface area contributed by atoms with Crippen molar-refractivity contribution in [2.45, 2.75) is 52.9 Å². The Hall–Kier alpha value is -0.570. The maximum Gasteiger partial charge on any atom is 0.220 e. The third kappa shape index (κ3) is 5.85. The minimum Gasteiger partial charge on any atom is -0.356 e. The Morgan fingerprint density at radius 3 is 2.44 bits per heavy atom. The van der Waals surface area contributed by atoms with E-state index in [1.807, 2.05) is 0 Å². The van der Waals surface area contributed by atoms with Crippen LogP contribution in [0.1, 0.15) is 52.9 Å². The zero-order chi connectivity index (χ0) is 13.5. The van der Waals surface area contributed by atoms with Crippen LogP contribution in [0.3, 0.4) is 0 Å². The largest absolute Gasteiger partial charge is 0.356 e. The van der Waals surface area contributed by atoms with Crippen LogP contribution >= 0.6 is 0 Å². The third-order valence-corrected chi connectivity index (χ3v) is 4.27. The zero-order valence-electron chi connectivity index (χ0n) is 12.2. The van der Waals surface area contributed by atoms with E-state index in [2.05, 4.69) is 26.1 Å². The number of carbonyl (C=O) groups is 1. The van der Waals surface area contributed by atoms with E-state index < -0.39 is 0 Å². The van der Waals surface area contributed by atoms with Gasteiger partial charge in [-0.3, -0.25) is 4.79 Å². The van der Waals surface area contributed by atoms with Gasteiger partial charge in [0.25, 0.3) is 0 Å². The highest BCUT2D eigenvalue weighted by molar-refractivity contribution is 5.75. The van der Waals surface area contributed by atoms with E-state index >= 15 is 0 Å². The molecular formula is C15H30N2O. The van der Waals surface area contributed by atoms with Crippen molar-refractivity contribution in [3.8, 4) is 0 Å². The predicted molar refractivity (Wildman–Crippen MR) is 76.1 cm³/mol. The fourth-order valence-corrected chi connectivity index (χ4v) is 2.54. The van der Waals surface area contributed by atoms with Crippen LogP contribution in [0.15, 0.2) is 0 Å². The Bertz CT molecular complexity index is 249. The van der Waals surface area contributed by atoms with Crippen molar-refractivity contribution in [1.82, 2.24) is 5.32 Å². The molecule has 18 heavy (non-hydrogen) atoms. The Morgan fingerprint density at radius 2 is 1.94 bits per heavy atom. The van der Waals surface area contributed by atoms with Gasteiger partial charge in [-0.05, 0) is 55.9 Å². The molecule has 0 aliphatic heterocycles. The molecule has 0 aromatic rings. The minimum atomic E-state index is 0.213. The lowest BCUT2D eigenvalue weighted by Crippen LogP contribution is -2.29. The maximum atomic E-state index is 11.8. The van der Waals surface area contributed by atoms with Crippen LogP contribution in [-0.4, -0.2) is 19.0 Å². The van der Waals surface area contributed by atoms with Crippen LogP contribution in [0.5, 0.6) is 0 Å². The lowest BCUT2D eigenvalue weighted by Gasteiger charge is -2.20. The second kappa shape index (κ2) is 7.78. The van der Waals surface area contributed by atoms with Crippen LogP contribution in [0, 0.1) is 23.7 Å². The second-order valence-corrected chi connectivity index (χ2v) is 6.24. The lowest BCUT2D eigenvalue weighted by atomic mass is 9.88. The molecule has 3 N–H and O–H groups in total. The molecule has 0 spiro atoms. The molecule has 0 aromatic carbocycles. The molecule has 1 aliphatic rings. The van der Waals surface area contributed by atoms with Crippen molar-refractivity contribution in [3.05, 3.63) is 0 Å². The lowest BCUT2D eigenvalue weighted by molar-refractivity contribution is -0.121. The summed E-state index contributed by atoms with van der Waals surface area (Å²) in [5.74, 6) is 2.93. The van der Waals surface area contributed by atoms with Crippen molar-refractivity contribution in [1.29, 1.82) is 0 Å². The number of hydrogen-bond donors (Lipinski definition) is 2. The van der Waals surface area contributed by atoms with Gasteiger partial charge >= 0.3 is 0 Å². The first-order valence-electron chi connectivity index (χ1n) is 7.51. The van der Waals surface area contributed by atoms with Crippen LogP contribution in [0.4, 0.5) is 0 Å². The molecule has 1 rings (SSSR count). The van der Waals surface area contributed by atoms with Gasteiger partial charge in [0.1, 0.15) is 0 Å². The summed E-state index contributed by atoms with van der Waals surface area (Å²) >= 11 is 0. The first-order valence-corrected chi connectivity index (χ1v) is 7.51. The predicted octanol–water partition coefficient (Wildman–Crippen LogP) is 2.55. The summed E-state index contributed by atoms with van der Waals surface area (Å²) in [5.41, 5.74) is 5.61. The molecule has 3 heteroatoms. The number of hydrogen-bond acceptors (Lipinski definition) is 2. The summed E-state index contributed by atoms with van der Waals surface area (Å²) in [5, 5.41) is 3.07. The summed E-state index contributed by atoms with van der Waals surface area (Å²) in [4.78, 5) is 11.8. The maximum absolute atomic E-state index is 11.8. The van der Waals surface area contributed by atoms with E-state index in [1.165, 1.54) is 12.8 Å². The standard InChI is InChI=1S/C15H30N2O/c1-11(2)13(8-9-16)6-7-15(18)17-10-12(3)14-4-5-14/h11-14H,4-10,16H2,1-3H3,(H,17,18). The smallest absolute Gasteiger partial charge is 0.220 e. The van der Waals surface area contributed by atoms with Gasteiger partial charge < -0.3 is 11.1 Å². The topological polar surface area (TPSA) is 55.1 Å². The SMILES string of the molecule is CC(C)C(CCN)CCC(=O)NCC(C)C1CC1. The molecule has 1 amide bonds.